The molecule has 0 saturated carbocycles. The summed E-state index contributed by atoms with van der Waals surface area (Å²) in [5.41, 5.74) is 0.176. The molecule has 0 atom stereocenters. The minimum atomic E-state index is -3.13. The van der Waals surface area contributed by atoms with E-state index in [9.17, 15) is 13.2 Å². The summed E-state index contributed by atoms with van der Waals surface area (Å²) in [4.78, 5) is 0. The van der Waals surface area contributed by atoms with Crippen LogP contribution in [0.5, 0.6) is 0 Å². The third-order valence-electron chi connectivity index (χ3n) is 1.18. The zero-order valence-electron chi connectivity index (χ0n) is 4.34. The van der Waals surface area contributed by atoms with Gasteiger partial charge in [0, 0.05) is 6.42 Å². The van der Waals surface area contributed by atoms with Gasteiger partial charge in [-0.1, -0.05) is 0 Å². The lowest BCUT2D eigenvalue weighted by atomic mass is 9.95. The van der Waals surface area contributed by atoms with Crippen LogP contribution in [0.3, 0.4) is 0 Å². The summed E-state index contributed by atoms with van der Waals surface area (Å²) in [6, 6.07) is 0. The molecule has 0 spiro atoms. The normalized spacial score (nSPS) is 25.5. The molecule has 0 aromatic carbocycles. The molecule has 46 valence electrons. The molecule has 0 aromatic heterocycles. The molecule has 8 heavy (non-hydrogen) atoms. The first-order chi connectivity index (χ1) is 3.54. The molecule has 0 unspecified atom stereocenters. The van der Waals surface area contributed by atoms with E-state index in [4.69, 9.17) is 0 Å². The molecule has 0 amide bonds. The Labute approximate surface area is 45.0 Å². The largest absolute Gasteiger partial charge is 0.302 e. The highest BCUT2D eigenvalue weighted by Crippen LogP contribution is 2.43. The fraction of sp³-hybridized carbons (Fsp3) is 0.600. The van der Waals surface area contributed by atoms with Gasteiger partial charge in [-0.25, -0.2) is 4.39 Å². The molecular weight excluding hydrogens is 117 g/mol. The summed E-state index contributed by atoms with van der Waals surface area (Å²) in [6.07, 6.45) is -0.404. The van der Waals surface area contributed by atoms with E-state index in [2.05, 4.69) is 0 Å². The van der Waals surface area contributed by atoms with Gasteiger partial charge in [-0.2, -0.15) is 8.78 Å². The molecule has 0 aromatic rings. The molecular formula is C5H5F3. The predicted molar refractivity (Wildman–Crippen MR) is 23.4 cm³/mol. The Morgan fingerprint density at radius 1 is 1.50 bits per heavy atom. The van der Waals surface area contributed by atoms with Crippen molar-refractivity contribution in [3.8, 4) is 0 Å². The smallest absolute Gasteiger partial charge is 0.205 e. The van der Waals surface area contributed by atoms with Crippen molar-refractivity contribution >= 4 is 0 Å². The maximum Gasteiger partial charge on any atom is 0.302 e. The van der Waals surface area contributed by atoms with E-state index in [0.29, 0.717) is 0 Å². The Hall–Kier alpha value is -0.470. The van der Waals surface area contributed by atoms with Crippen molar-refractivity contribution in [3.05, 3.63) is 11.4 Å². The van der Waals surface area contributed by atoms with Gasteiger partial charge in [0.2, 0.25) is 0 Å². The van der Waals surface area contributed by atoms with E-state index in [1.54, 1.807) is 0 Å². The third kappa shape index (κ3) is 0.538. The number of hydrogen-bond acceptors (Lipinski definition) is 0. The Morgan fingerprint density at radius 2 is 2.00 bits per heavy atom. The molecule has 0 radical (unpaired) electrons. The first-order valence-corrected chi connectivity index (χ1v) is 2.27. The van der Waals surface area contributed by atoms with Gasteiger partial charge in [-0.05, 0) is 12.5 Å². The van der Waals surface area contributed by atoms with Crippen LogP contribution in [0.25, 0.3) is 0 Å². The molecule has 0 N–H and O–H groups in total. The van der Waals surface area contributed by atoms with Gasteiger partial charge in [0.25, 0.3) is 0 Å². The molecule has 0 bridgehead atoms. The highest BCUT2D eigenvalue weighted by Gasteiger charge is 2.45. The Kier molecular flexibility index (Phi) is 0.900. The SMILES string of the molecule is CC1=C(F)C(F)(F)C1. The second-order valence-corrected chi connectivity index (χ2v) is 1.98. The lowest BCUT2D eigenvalue weighted by molar-refractivity contribution is -0.00913. The molecule has 0 heterocycles. The van der Waals surface area contributed by atoms with Gasteiger partial charge in [-0.3, -0.25) is 0 Å². The minimum absolute atomic E-state index is 0.176. The third-order valence-corrected chi connectivity index (χ3v) is 1.18. The fourth-order valence-corrected chi connectivity index (χ4v) is 0.694. The number of alkyl halides is 2. The highest BCUT2D eigenvalue weighted by molar-refractivity contribution is 5.26. The molecule has 3 heteroatoms. The summed E-state index contributed by atoms with van der Waals surface area (Å²) < 4.78 is 35.3. The summed E-state index contributed by atoms with van der Waals surface area (Å²) in [5, 5.41) is 0. The summed E-state index contributed by atoms with van der Waals surface area (Å²) in [5.74, 6) is -4.37. The van der Waals surface area contributed by atoms with Crippen LogP contribution in [-0.4, -0.2) is 5.92 Å². The number of hydrogen-bond donors (Lipinski definition) is 0. The van der Waals surface area contributed by atoms with Crippen LogP contribution in [0.1, 0.15) is 13.3 Å². The Morgan fingerprint density at radius 3 is 2.00 bits per heavy atom. The molecule has 0 aliphatic heterocycles. The number of rotatable bonds is 0. The summed E-state index contributed by atoms with van der Waals surface area (Å²) >= 11 is 0. The van der Waals surface area contributed by atoms with Gasteiger partial charge in [0.05, 0.1) is 0 Å². The summed E-state index contributed by atoms with van der Waals surface area (Å²) in [6.45, 7) is 1.37. The molecule has 0 saturated heterocycles. The zero-order valence-corrected chi connectivity index (χ0v) is 4.34. The molecule has 0 nitrogen and oxygen atoms in total. The lowest BCUT2D eigenvalue weighted by Crippen LogP contribution is -2.27. The number of halogens is 3. The standard InChI is InChI=1S/C5H5F3/c1-3-2-5(7,8)4(3)6/h2H2,1H3. The maximum atomic E-state index is 11.8. The van der Waals surface area contributed by atoms with Crippen molar-refractivity contribution in [3.63, 3.8) is 0 Å². The van der Waals surface area contributed by atoms with Crippen LogP contribution in [0.15, 0.2) is 11.4 Å². The second-order valence-electron chi connectivity index (χ2n) is 1.98. The molecule has 1 rings (SSSR count). The fourth-order valence-electron chi connectivity index (χ4n) is 0.694. The van der Waals surface area contributed by atoms with Crippen molar-refractivity contribution < 1.29 is 13.2 Å². The minimum Gasteiger partial charge on any atom is -0.205 e. The van der Waals surface area contributed by atoms with Crippen molar-refractivity contribution in [2.24, 2.45) is 0 Å². The Bertz CT molecular complexity index is 146. The highest BCUT2D eigenvalue weighted by atomic mass is 19.3. The van der Waals surface area contributed by atoms with Crippen molar-refractivity contribution in [2.75, 3.05) is 0 Å². The van der Waals surface area contributed by atoms with Crippen molar-refractivity contribution in [2.45, 2.75) is 19.3 Å². The predicted octanol–water partition coefficient (Wildman–Crippen LogP) is 2.27. The van der Waals surface area contributed by atoms with E-state index in [-0.39, 0.29) is 5.57 Å². The van der Waals surface area contributed by atoms with Gasteiger partial charge >= 0.3 is 5.92 Å². The first kappa shape index (κ1) is 5.66. The lowest BCUT2D eigenvalue weighted by Gasteiger charge is -2.24. The average molecular weight is 122 g/mol. The molecule has 1 aliphatic rings. The van der Waals surface area contributed by atoms with Crippen LogP contribution < -0.4 is 0 Å². The van der Waals surface area contributed by atoms with Crippen LogP contribution in [-0.2, 0) is 0 Å². The van der Waals surface area contributed by atoms with E-state index >= 15 is 0 Å². The second kappa shape index (κ2) is 1.27. The molecule has 0 fully saturated rings. The Balaban J connectivity index is 2.80. The van der Waals surface area contributed by atoms with Gasteiger partial charge in [-0.15, -0.1) is 0 Å². The average Bonchev–Trinajstić information content (AvgIpc) is 1.65. The monoisotopic (exact) mass is 122 g/mol. The van der Waals surface area contributed by atoms with Crippen molar-refractivity contribution in [1.82, 2.24) is 0 Å². The maximum absolute atomic E-state index is 11.8. The number of allylic oxidation sites excluding steroid dienone is 2. The van der Waals surface area contributed by atoms with Crippen molar-refractivity contribution in [1.29, 1.82) is 0 Å². The van der Waals surface area contributed by atoms with E-state index in [1.807, 2.05) is 0 Å². The topological polar surface area (TPSA) is 0 Å². The van der Waals surface area contributed by atoms with E-state index < -0.39 is 18.2 Å². The summed E-state index contributed by atoms with van der Waals surface area (Å²) in [7, 11) is 0. The zero-order chi connectivity index (χ0) is 6.36. The van der Waals surface area contributed by atoms with E-state index in [0.717, 1.165) is 0 Å². The quantitative estimate of drug-likeness (QED) is 0.462. The first-order valence-electron chi connectivity index (χ1n) is 2.27. The van der Waals surface area contributed by atoms with Gasteiger partial charge < -0.3 is 0 Å². The van der Waals surface area contributed by atoms with Crippen LogP contribution in [0.4, 0.5) is 13.2 Å². The van der Waals surface area contributed by atoms with Crippen LogP contribution >= 0.6 is 0 Å². The van der Waals surface area contributed by atoms with E-state index in [1.165, 1.54) is 6.92 Å². The van der Waals surface area contributed by atoms with Crippen LogP contribution in [0, 0.1) is 0 Å². The van der Waals surface area contributed by atoms with Gasteiger partial charge in [0.1, 0.15) is 0 Å². The van der Waals surface area contributed by atoms with Crippen LogP contribution in [0.2, 0.25) is 0 Å². The molecule has 1 aliphatic carbocycles. The van der Waals surface area contributed by atoms with Gasteiger partial charge in [0.15, 0.2) is 5.83 Å².